The number of esters is 1. The van der Waals surface area contributed by atoms with E-state index in [1.807, 2.05) is 0 Å². The number of carbonyl (C=O) groups is 1. The first kappa shape index (κ1) is 12.3. The first-order valence-electron chi connectivity index (χ1n) is 4.90. The van der Waals surface area contributed by atoms with Gasteiger partial charge >= 0.3 is 5.97 Å². The van der Waals surface area contributed by atoms with Gasteiger partial charge in [-0.05, 0) is 12.1 Å². The summed E-state index contributed by atoms with van der Waals surface area (Å²) >= 11 is 0. The Bertz CT molecular complexity index is 365. The smallest absolute Gasteiger partial charge is 0.341 e. The van der Waals surface area contributed by atoms with Gasteiger partial charge in [0.1, 0.15) is 11.3 Å². The molecule has 0 aliphatic carbocycles. The van der Waals surface area contributed by atoms with Gasteiger partial charge in [0, 0.05) is 24.8 Å². The van der Waals surface area contributed by atoms with Crippen LogP contribution in [0, 0.1) is 0 Å². The molecule has 0 atom stereocenters. The van der Waals surface area contributed by atoms with Crippen molar-refractivity contribution in [1.29, 1.82) is 0 Å². The number of nitrogens with two attached hydrogens (primary N) is 1. The molecule has 0 aliphatic heterocycles. The van der Waals surface area contributed by atoms with Crippen LogP contribution < -0.4 is 10.5 Å². The van der Waals surface area contributed by atoms with E-state index < -0.39 is 5.97 Å². The van der Waals surface area contributed by atoms with Gasteiger partial charge in [0.05, 0.1) is 13.7 Å². The average Bonchev–Trinajstić information content (AvgIpc) is 2.29. The Morgan fingerprint density at radius 3 is 2.88 bits per heavy atom. The number of methoxy groups -OCH3 is 1. The largest absolute Gasteiger partial charge is 0.493 e. The normalized spacial score (nSPS) is 9.88. The standard InChI is InChI=1S/C11H15NO4/c1-15-11(14)9-4-3-8(12)7-10(9)16-6-2-5-13/h3-4,7,13H,2,5-6,12H2,1H3. The summed E-state index contributed by atoms with van der Waals surface area (Å²) in [7, 11) is 1.30. The highest BCUT2D eigenvalue weighted by Crippen LogP contribution is 2.22. The Hall–Kier alpha value is -1.75. The Morgan fingerprint density at radius 1 is 1.50 bits per heavy atom. The van der Waals surface area contributed by atoms with Gasteiger partial charge in [-0.25, -0.2) is 4.79 Å². The van der Waals surface area contributed by atoms with Crippen molar-refractivity contribution in [3.8, 4) is 5.75 Å². The van der Waals surface area contributed by atoms with Crippen LogP contribution in [-0.2, 0) is 4.74 Å². The highest BCUT2D eigenvalue weighted by molar-refractivity contribution is 5.93. The van der Waals surface area contributed by atoms with Crippen molar-refractivity contribution in [2.45, 2.75) is 6.42 Å². The molecule has 0 aliphatic rings. The predicted octanol–water partition coefficient (Wildman–Crippen LogP) is 0.817. The quantitative estimate of drug-likeness (QED) is 0.440. The van der Waals surface area contributed by atoms with Crippen LogP contribution in [-0.4, -0.2) is 31.4 Å². The summed E-state index contributed by atoms with van der Waals surface area (Å²) in [5.41, 5.74) is 6.43. The summed E-state index contributed by atoms with van der Waals surface area (Å²) in [5.74, 6) is -0.0979. The van der Waals surface area contributed by atoms with Crippen LogP contribution in [0.1, 0.15) is 16.8 Å². The summed E-state index contributed by atoms with van der Waals surface area (Å²) < 4.78 is 9.95. The molecule has 0 saturated heterocycles. The molecule has 1 rings (SSSR count). The van der Waals surface area contributed by atoms with Gasteiger partial charge in [-0.3, -0.25) is 0 Å². The van der Waals surface area contributed by atoms with Crippen molar-refractivity contribution in [1.82, 2.24) is 0 Å². The van der Waals surface area contributed by atoms with E-state index in [-0.39, 0.29) is 6.61 Å². The lowest BCUT2D eigenvalue weighted by Gasteiger charge is -2.10. The maximum atomic E-state index is 11.4. The number of aliphatic hydroxyl groups is 1. The van der Waals surface area contributed by atoms with E-state index in [1.165, 1.54) is 7.11 Å². The second kappa shape index (κ2) is 5.97. The van der Waals surface area contributed by atoms with E-state index in [0.717, 1.165) is 0 Å². The molecule has 0 bridgehead atoms. The SMILES string of the molecule is COC(=O)c1ccc(N)cc1OCCCO. The molecule has 0 heterocycles. The van der Waals surface area contributed by atoms with Crippen LogP contribution in [0.4, 0.5) is 5.69 Å². The number of ether oxygens (including phenoxy) is 2. The average molecular weight is 225 g/mol. The van der Waals surface area contributed by atoms with Crippen molar-refractivity contribution >= 4 is 11.7 Å². The van der Waals surface area contributed by atoms with E-state index in [9.17, 15) is 4.79 Å². The van der Waals surface area contributed by atoms with E-state index >= 15 is 0 Å². The minimum atomic E-state index is -0.473. The molecule has 0 fully saturated rings. The maximum absolute atomic E-state index is 11.4. The topological polar surface area (TPSA) is 81.8 Å². The van der Waals surface area contributed by atoms with Crippen molar-refractivity contribution in [3.63, 3.8) is 0 Å². The highest BCUT2D eigenvalue weighted by atomic mass is 16.5. The zero-order valence-corrected chi connectivity index (χ0v) is 9.10. The minimum absolute atomic E-state index is 0.0376. The highest BCUT2D eigenvalue weighted by Gasteiger charge is 2.12. The Morgan fingerprint density at radius 2 is 2.25 bits per heavy atom. The van der Waals surface area contributed by atoms with Crippen molar-refractivity contribution < 1.29 is 19.4 Å². The summed E-state index contributed by atoms with van der Waals surface area (Å²) in [5, 5.41) is 8.63. The third-order valence-corrected chi connectivity index (χ3v) is 1.97. The maximum Gasteiger partial charge on any atom is 0.341 e. The third kappa shape index (κ3) is 3.13. The van der Waals surface area contributed by atoms with Crippen LogP contribution in [0.5, 0.6) is 5.75 Å². The van der Waals surface area contributed by atoms with E-state index in [1.54, 1.807) is 18.2 Å². The number of carbonyl (C=O) groups excluding carboxylic acids is 1. The summed E-state index contributed by atoms with van der Waals surface area (Å²) in [6.45, 7) is 0.361. The van der Waals surface area contributed by atoms with Crippen LogP contribution in [0.25, 0.3) is 0 Å². The van der Waals surface area contributed by atoms with Gasteiger partial charge in [0.15, 0.2) is 0 Å². The fraction of sp³-hybridized carbons (Fsp3) is 0.364. The zero-order chi connectivity index (χ0) is 12.0. The number of rotatable bonds is 5. The van der Waals surface area contributed by atoms with Crippen LogP contribution in [0.2, 0.25) is 0 Å². The number of aliphatic hydroxyl groups excluding tert-OH is 1. The molecular weight excluding hydrogens is 210 g/mol. The van der Waals surface area contributed by atoms with Crippen molar-refractivity contribution in [2.75, 3.05) is 26.1 Å². The fourth-order valence-electron chi connectivity index (χ4n) is 1.18. The molecule has 1 aromatic carbocycles. The summed E-state index contributed by atoms with van der Waals surface area (Å²) in [6, 6.07) is 4.71. The van der Waals surface area contributed by atoms with Gasteiger partial charge in [-0.2, -0.15) is 0 Å². The molecule has 0 radical (unpaired) electrons. The van der Waals surface area contributed by atoms with Crippen molar-refractivity contribution in [3.05, 3.63) is 23.8 Å². The van der Waals surface area contributed by atoms with Crippen LogP contribution >= 0.6 is 0 Å². The van der Waals surface area contributed by atoms with Gasteiger partial charge < -0.3 is 20.3 Å². The number of hydrogen-bond donors (Lipinski definition) is 2. The lowest BCUT2D eigenvalue weighted by atomic mass is 10.2. The van der Waals surface area contributed by atoms with Gasteiger partial charge in [0.2, 0.25) is 0 Å². The van der Waals surface area contributed by atoms with Crippen LogP contribution in [0.3, 0.4) is 0 Å². The fourth-order valence-corrected chi connectivity index (χ4v) is 1.18. The zero-order valence-electron chi connectivity index (χ0n) is 9.10. The van der Waals surface area contributed by atoms with Gasteiger partial charge in [0.25, 0.3) is 0 Å². The minimum Gasteiger partial charge on any atom is -0.493 e. The van der Waals surface area contributed by atoms with E-state index in [0.29, 0.717) is 30.0 Å². The van der Waals surface area contributed by atoms with E-state index in [2.05, 4.69) is 4.74 Å². The van der Waals surface area contributed by atoms with Crippen molar-refractivity contribution in [2.24, 2.45) is 0 Å². The lowest BCUT2D eigenvalue weighted by Crippen LogP contribution is -2.08. The number of anilines is 1. The first-order valence-corrected chi connectivity index (χ1v) is 4.90. The molecule has 5 nitrogen and oxygen atoms in total. The number of benzene rings is 1. The molecule has 0 unspecified atom stereocenters. The Kier molecular flexibility index (Phi) is 4.60. The predicted molar refractivity (Wildman–Crippen MR) is 59.4 cm³/mol. The van der Waals surface area contributed by atoms with Crippen LogP contribution in [0.15, 0.2) is 18.2 Å². The molecule has 88 valence electrons. The number of nitrogen functional groups attached to an aromatic ring is 1. The monoisotopic (exact) mass is 225 g/mol. The molecule has 1 aromatic rings. The lowest BCUT2D eigenvalue weighted by molar-refractivity contribution is 0.0596. The molecule has 0 amide bonds. The molecule has 0 spiro atoms. The summed E-state index contributed by atoms with van der Waals surface area (Å²) in [6.07, 6.45) is 0.495. The second-order valence-corrected chi connectivity index (χ2v) is 3.17. The van der Waals surface area contributed by atoms with Gasteiger partial charge in [-0.1, -0.05) is 0 Å². The Balaban J connectivity index is 2.85. The number of hydrogen-bond acceptors (Lipinski definition) is 5. The molecular formula is C11H15NO4. The molecule has 0 saturated carbocycles. The second-order valence-electron chi connectivity index (χ2n) is 3.17. The summed E-state index contributed by atoms with van der Waals surface area (Å²) in [4.78, 5) is 11.4. The van der Waals surface area contributed by atoms with Gasteiger partial charge in [-0.15, -0.1) is 0 Å². The Labute approximate surface area is 93.8 Å². The molecule has 0 aromatic heterocycles. The molecule has 16 heavy (non-hydrogen) atoms. The van der Waals surface area contributed by atoms with E-state index in [4.69, 9.17) is 15.6 Å². The molecule has 3 N–H and O–H groups in total. The third-order valence-electron chi connectivity index (χ3n) is 1.97. The molecule has 5 heteroatoms. The first-order chi connectivity index (χ1) is 7.69.